The van der Waals surface area contributed by atoms with Gasteiger partial charge in [0, 0.05) is 25.4 Å². The topological polar surface area (TPSA) is 15.6 Å². The predicted molar refractivity (Wildman–Crippen MR) is 44.4 cm³/mol. The number of allylic oxidation sites excluding steroid dienone is 1. The van der Waals surface area contributed by atoms with Gasteiger partial charge >= 0.3 is 0 Å². The highest BCUT2D eigenvalue weighted by Crippen LogP contribution is 2.14. The number of nitrogens with zero attached hydrogens (tertiary/aromatic N) is 2. The molecule has 56 valence electrons. The molecule has 2 aliphatic rings. The Balaban J connectivity index is 2.21. The number of rotatable bonds is 1. The van der Waals surface area contributed by atoms with Crippen LogP contribution >= 0.6 is 0 Å². The van der Waals surface area contributed by atoms with E-state index in [0.717, 1.165) is 18.9 Å². The fraction of sp³-hybridized carbons (Fsp3) is 0.444. The van der Waals surface area contributed by atoms with Gasteiger partial charge in [0.1, 0.15) is 0 Å². The Morgan fingerprint density at radius 1 is 1.36 bits per heavy atom. The summed E-state index contributed by atoms with van der Waals surface area (Å²) in [5.41, 5.74) is 5.91. The zero-order chi connectivity index (χ0) is 7.52. The van der Waals surface area contributed by atoms with E-state index in [2.05, 4.69) is 21.4 Å². The van der Waals surface area contributed by atoms with Gasteiger partial charge in [0.15, 0.2) is 5.82 Å². The lowest BCUT2D eigenvalue weighted by atomic mass is 10.4. The van der Waals surface area contributed by atoms with E-state index >= 15 is 0 Å². The van der Waals surface area contributed by atoms with Gasteiger partial charge in [-0.3, -0.25) is 0 Å². The first-order valence-electron chi connectivity index (χ1n) is 3.96. The SMILES string of the molecule is C1=C=C(N2CCCC2)N=CC=1. The summed E-state index contributed by atoms with van der Waals surface area (Å²) in [6.07, 6.45) is 6.11. The molecule has 1 saturated heterocycles. The molecule has 0 atom stereocenters. The molecule has 0 amide bonds. The molecule has 0 bridgehead atoms. The molecule has 0 unspecified atom stereocenters. The van der Waals surface area contributed by atoms with Crippen LogP contribution in [0.3, 0.4) is 0 Å². The van der Waals surface area contributed by atoms with Crippen molar-refractivity contribution in [2.75, 3.05) is 13.1 Å². The molecule has 0 aromatic carbocycles. The van der Waals surface area contributed by atoms with E-state index in [9.17, 15) is 0 Å². The van der Waals surface area contributed by atoms with E-state index in [4.69, 9.17) is 0 Å². The minimum Gasteiger partial charge on any atom is -0.350 e. The van der Waals surface area contributed by atoms with Gasteiger partial charge in [0.05, 0.1) is 0 Å². The Hall–Kier alpha value is -1.23. The lowest BCUT2D eigenvalue weighted by molar-refractivity contribution is 0.424. The smallest absolute Gasteiger partial charge is 0.181 e. The summed E-state index contributed by atoms with van der Waals surface area (Å²) in [6, 6.07) is 0. The van der Waals surface area contributed by atoms with E-state index in [1.807, 2.05) is 0 Å². The third kappa shape index (κ3) is 1.27. The maximum atomic E-state index is 4.20. The summed E-state index contributed by atoms with van der Waals surface area (Å²) in [5, 5.41) is 0. The van der Waals surface area contributed by atoms with Crippen LogP contribution in [0.2, 0.25) is 0 Å². The van der Waals surface area contributed by atoms with Crippen molar-refractivity contribution in [1.82, 2.24) is 4.90 Å². The van der Waals surface area contributed by atoms with Crippen LogP contribution in [0.1, 0.15) is 12.8 Å². The van der Waals surface area contributed by atoms with Gasteiger partial charge < -0.3 is 4.90 Å². The van der Waals surface area contributed by atoms with E-state index in [-0.39, 0.29) is 0 Å². The van der Waals surface area contributed by atoms with Gasteiger partial charge in [-0.1, -0.05) is 5.73 Å². The number of hydrogen-bond donors (Lipinski definition) is 0. The van der Waals surface area contributed by atoms with Gasteiger partial charge in [-0.15, -0.1) is 0 Å². The number of aliphatic imine (C=N–C) groups is 1. The maximum Gasteiger partial charge on any atom is 0.181 e. The molecule has 1 fully saturated rings. The van der Waals surface area contributed by atoms with E-state index in [0.29, 0.717) is 0 Å². The average Bonchev–Trinajstić information content (AvgIpc) is 2.58. The van der Waals surface area contributed by atoms with Crippen LogP contribution in [0.15, 0.2) is 28.4 Å². The lowest BCUT2D eigenvalue weighted by Crippen LogP contribution is -2.16. The Morgan fingerprint density at radius 2 is 2.18 bits per heavy atom. The minimum atomic E-state index is 0.949. The first-order chi connectivity index (χ1) is 5.47. The summed E-state index contributed by atoms with van der Waals surface area (Å²) in [7, 11) is 0. The van der Waals surface area contributed by atoms with Crippen LogP contribution in [0.5, 0.6) is 0 Å². The fourth-order valence-electron chi connectivity index (χ4n) is 1.37. The quantitative estimate of drug-likeness (QED) is 0.509. The third-order valence-electron chi connectivity index (χ3n) is 1.94. The molecule has 11 heavy (non-hydrogen) atoms. The molecule has 0 N–H and O–H groups in total. The van der Waals surface area contributed by atoms with Crippen molar-refractivity contribution in [3.63, 3.8) is 0 Å². The second-order valence-electron chi connectivity index (χ2n) is 2.73. The molecule has 0 aliphatic carbocycles. The van der Waals surface area contributed by atoms with Gasteiger partial charge in [-0.2, -0.15) is 0 Å². The standard InChI is InChI=1S/C9H10N2/c1-2-6-10-9(5-1)11-7-3-4-8-11/h2,6H,3-4,7-8H2. The molecule has 2 aliphatic heterocycles. The molecule has 0 aromatic rings. The molecule has 0 aromatic heterocycles. The maximum absolute atomic E-state index is 4.20. The van der Waals surface area contributed by atoms with Crippen molar-refractivity contribution in [2.24, 2.45) is 4.99 Å². The van der Waals surface area contributed by atoms with Crippen molar-refractivity contribution in [2.45, 2.75) is 12.8 Å². The molecule has 2 nitrogen and oxygen atoms in total. The fourth-order valence-corrected chi connectivity index (χ4v) is 1.37. The predicted octanol–water partition coefficient (Wildman–Crippen LogP) is 1.32. The number of likely N-dealkylation sites (tertiary alicyclic amines) is 1. The zero-order valence-corrected chi connectivity index (χ0v) is 6.38. The van der Waals surface area contributed by atoms with Gasteiger partial charge in [0.2, 0.25) is 0 Å². The van der Waals surface area contributed by atoms with Crippen LogP contribution in [-0.4, -0.2) is 24.2 Å². The summed E-state index contributed by atoms with van der Waals surface area (Å²) >= 11 is 0. The van der Waals surface area contributed by atoms with Crippen molar-refractivity contribution in [3.05, 3.63) is 23.4 Å². The molecule has 2 rings (SSSR count). The first kappa shape index (κ1) is 6.48. The summed E-state index contributed by atoms with van der Waals surface area (Å²) in [4.78, 5) is 6.45. The van der Waals surface area contributed by atoms with E-state index in [1.165, 1.54) is 12.8 Å². The van der Waals surface area contributed by atoms with Crippen LogP contribution in [0.4, 0.5) is 0 Å². The zero-order valence-electron chi connectivity index (χ0n) is 6.38. The largest absolute Gasteiger partial charge is 0.350 e. The van der Waals surface area contributed by atoms with Gasteiger partial charge in [-0.25, -0.2) is 4.99 Å². The molecular formula is C9H10N2. The summed E-state index contributed by atoms with van der Waals surface area (Å²) in [5.74, 6) is 0.949. The van der Waals surface area contributed by atoms with Crippen molar-refractivity contribution in [1.29, 1.82) is 0 Å². The van der Waals surface area contributed by atoms with Gasteiger partial charge in [0.25, 0.3) is 0 Å². The van der Waals surface area contributed by atoms with E-state index in [1.54, 1.807) is 12.3 Å². The Kier molecular flexibility index (Phi) is 1.64. The summed E-state index contributed by atoms with van der Waals surface area (Å²) < 4.78 is 0. The van der Waals surface area contributed by atoms with Crippen molar-refractivity contribution < 1.29 is 0 Å². The van der Waals surface area contributed by atoms with Crippen molar-refractivity contribution in [3.8, 4) is 0 Å². The molecule has 0 radical (unpaired) electrons. The molecule has 0 spiro atoms. The monoisotopic (exact) mass is 146 g/mol. The average molecular weight is 146 g/mol. The molecule has 0 saturated carbocycles. The lowest BCUT2D eigenvalue weighted by Gasteiger charge is -2.14. The number of hydrogen-bond acceptors (Lipinski definition) is 2. The third-order valence-corrected chi connectivity index (χ3v) is 1.94. The second-order valence-corrected chi connectivity index (χ2v) is 2.73. The Labute approximate surface area is 66.2 Å². The molecule has 2 heteroatoms. The first-order valence-corrected chi connectivity index (χ1v) is 3.96. The Morgan fingerprint density at radius 3 is 2.82 bits per heavy atom. The summed E-state index contributed by atoms with van der Waals surface area (Å²) in [6.45, 7) is 2.25. The molecule has 2 heterocycles. The highest BCUT2D eigenvalue weighted by molar-refractivity contribution is 5.72. The second kappa shape index (κ2) is 2.79. The molecular weight excluding hydrogens is 136 g/mol. The minimum absolute atomic E-state index is 0.949. The van der Waals surface area contributed by atoms with Crippen LogP contribution < -0.4 is 0 Å². The normalized spacial score (nSPS) is 21.1. The van der Waals surface area contributed by atoms with E-state index < -0.39 is 0 Å². The highest BCUT2D eigenvalue weighted by Gasteiger charge is 2.13. The van der Waals surface area contributed by atoms with Crippen molar-refractivity contribution >= 4 is 6.21 Å². The highest BCUT2D eigenvalue weighted by atomic mass is 15.2. The Bertz CT molecular complexity index is 270. The van der Waals surface area contributed by atoms with Crippen LogP contribution in [0.25, 0.3) is 0 Å². The van der Waals surface area contributed by atoms with Crippen LogP contribution in [-0.2, 0) is 0 Å². The van der Waals surface area contributed by atoms with Gasteiger partial charge in [-0.05, 0) is 18.6 Å². The van der Waals surface area contributed by atoms with Crippen LogP contribution in [0, 0.1) is 0 Å².